The van der Waals surface area contributed by atoms with Gasteiger partial charge in [0.05, 0.1) is 11.7 Å². The van der Waals surface area contributed by atoms with E-state index in [0.717, 1.165) is 49.0 Å². The zero-order valence-electron chi connectivity index (χ0n) is 15.3. The van der Waals surface area contributed by atoms with Crippen LogP contribution in [0.4, 0.5) is 0 Å². The first kappa shape index (κ1) is 20.0. The molecule has 0 atom stereocenters. The van der Waals surface area contributed by atoms with Gasteiger partial charge >= 0.3 is 0 Å². The number of carbonyl (C=O) groups excluding carboxylic acids is 1. The van der Waals surface area contributed by atoms with Crippen LogP contribution >= 0.6 is 23.7 Å². The van der Waals surface area contributed by atoms with E-state index >= 15 is 0 Å². The highest BCUT2D eigenvalue weighted by Crippen LogP contribution is 2.33. The van der Waals surface area contributed by atoms with Gasteiger partial charge in [-0.15, -0.1) is 23.7 Å². The van der Waals surface area contributed by atoms with E-state index in [-0.39, 0.29) is 23.9 Å². The number of aromatic nitrogens is 2. The number of thiophene rings is 1. The van der Waals surface area contributed by atoms with Gasteiger partial charge in [0, 0.05) is 30.9 Å². The molecule has 0 spiro atoms. The summed E-state index contributed by atoms with van der Waals surface area (Å²) in [6, 6.07) is 0. The predicted octanol–water partition coefficient (Wildman–Crippen LogP) is 2.18. The van der Waals surface area contributed by atoms with Gasteiger partial charge in [-0.1, -0.05) is 11.6 Å². The minimum Gasteiger partial charge on any atom is -0.352 e. The van der Waals surface area contributed by atoms with Crippen LogP contribution in [0.2, 0.25) is 0 Å². The van der Waals surface area contributed by atoms with Crippen LogP contribution in [0.5, 0.6) is 0 Å². The minimum atomic E-state index is -0.0243. The predicted molar refractivity (Wildman–Crippen MR) is 111 cm³/mol. The van der Waals surface area contributed by atoms with Crippen molar-refractivity contribution in [2.75, 3.05) is 19.6 Å². The highest BCUT2D eigenvalue weighted by Gasteiger charge is 2.20. The summed E-state index contributed by atoms with van der Waals surface area (Å²) in [5.41, 5.74) is 2.47. The third-order valence-corrected chi connectivity index (χ3v) is 6.39. The molecule has 4 rings (SSSR count). The van der Waals surface area contributed by atoms with Crippen LogP contribution in [-0.2, 0) is 24.2 Å². The Labute approximate surface area is 168 Å². The highest BCUT2D eigenvalue weighted by atomic mass is 35.5. The van der Waals surface area contributed by atoms with Crippen LogP contribution in [0.1, 0.15) is 36.1 Å². The second-order valence-electron chi connectivity index (χ2n) is 6.98. The van der Waals surface area contributed by atoms with Gasteiger partial charge in [-0.2, -0.15) is 0 Å². The molecule has 0 bridgehead atoms. The number of rotatable bonds is 5. The topological polar surface area (TPSA) is 76.0 Å². The number of hydrogen-bond donors (Lipinski definition) is 2. The van der Waals surface area contributed by atoms with Crippen LogP contribution in [0.15, 0.2) is 22.8 Å². The number of hydrogen-bond acceptors (Lipinski definition) is 5. The van der Waals surface area contributed by atoms with Crippen molar-refractivity contribution >= 4 is 39.9 Å². The van der Waals surface area contributed by atoms with Crippen molar-refractivity contribution in [2.24, 2.45) is 0 Å². The Kier molecular flexibility index (Phi) is 6.68. The zero-order valence-corrected chi connectivity index (χ0v) is 16.9. The zero-order chi connectivity index (χ0) is 17.9. The molecule has 2 N–H and O–H groups in total. The van der Waals surface area contributed by atoms with E-state index in [0.29, 0.717) is 19.5 Å². The fourth-order valence-electron chi connectivity index (χ4n) is 3.69. The fraction of sp³-hybridized carbons (Fsp3) is 0.526. The summed E-state index contributed by atoms with van der Waals surface area (Å²) in [6.07, 6.45) is 9.36. The van der Waals surface area contributed by atoms with Crippen LogP contribution < -0.4 is 16.2 Å². The molecule has 0 unspecified atom stereocenters. The second-order valence-corrected chi connectivity index (χ2v) is 8.06. The van der Waals surface area contributed by atoms with Gasteiger partial charge in [0.1, 0.15) is 4.83 Å². The average molecular weight is 409 g/mol. The summed E-state index contributed by atoms with van der Waals surface area (Å²) in [6.45, 7) is 2.81. The molecule has 0 aromatic carbocycles. The van der Waals surface area contributed by atoms with Gasteiger partial charge in [-0.25, -0.2) is 4.98 Å². The summed E-state index contributed by atoms with van der Waals surface area (Å²) in [4.78, 5) is 31.6. The molecule has 1 aliphatic carbocycles. The van der Waals surface area contributed by atoms with Crippen LogP contribution in [0.25, 0.3) is 10.2 Å². The van der Waals surface area contributed by atoms with Gasteiger partial charge in [0.2, 0.25) is 5.91 Å². The lowest BCUT2D eigenvalue weighted by atomic mass is 9.97. The summed E-state index contributed by atoms with van der Waals surface area (Å²) < 4.78 is 1.59. The minimum absolute atomic E-state index is 0. The largest absolute Gasteiger partial charge is 0.352 e. The van der Waals surface area contributed by atoms with E-state index in [9.17, 15) is 9.59 Å². The maximum Gasteiger partial charge on any atom is 0.262 e. The van der Waals surface area contributed by atoms with Crippen molar-refractivity contribution in [1.82, 2.24) is 20.2 Å². The Morgan fingerprint density at radius 2 is 2.15 bits per heavy atom. The maximum absolute atomic E-state index is 12.9. The number of halogens is 1. The molecular weight excluding hydrogens is 384 g/mol. The lowest BCUT2D eigenvalue weighted by Gasteiger charge is -2.14. The summed E-state index contributed by atoms with van der Waals surface area (Å²) >= 11 is 1.66. The molecule has 6 nitrogen and oxygen atoms in total. The van der Waals surface area contributed by atoms with Gasteiger partial charge < -0.3 is 10.6 Å². The second kappa shape index (κ2) is 8.99. The first-order valence-electron chi connectivity index (χ1n) is 9.37. The Morgan fingerprint density at radius 1 is 1.30 bits per heavy atom. The molecule has 0 radical (unpaired) electrons. The lowest BCUT2D eigenvalue weighted by Crippen LogP contribution is -2.31. The third-order valence-electron chi connectivity index (χ3n) is 5.19. The molecular formula is C19H25ClN4O2S. The van der Waals surface area contributed by atoms with E-state index in [1.165, 1.54) is 22.4 Å². The molecule has 1 aliphatic heterocycles. The number of aryl methyl sites for hydroxylation is 3. The lowest BCUT2D eigenvalue weighted by molar-refractivity contribution is -0.121. The standard InChI is InChI=1S/C19H24N4O2S.ClH/c24-16(21-11-13-5-8-20-9-6-13)7-10-23-12-22-18-17(19(23)25)14-3-1-2-4-15(14)26-18;/h5,12,20H,1-4,6-11H2,(H,21,24);1H. The first-order chi connectivity index (χ1) is 12.7. The molecule has 0 saturated heterocycles. The Balaban J connectivity index is 0.00000210. The molecule has 3 heterocycles. The molecule has 146 valence electrons. The number of nitrogens with zero attached hydrogens (tertiary/aromatic N) is 2. The van der Waals surface area contributed by atoms with E-state index in [1.54, 1.807) is 22.2 Å². The molecule has 27 heavy (non-hydrogen) atoms. The van der Waals surface area contributed by atoms with E-state index in [4.69, 9.17) is 0 Å². The molecule has 2 aliphatic rings. The third kappa shape index (κ3) is 4.42. The van der Waals surface area contributed by atoms with Gasteiger partial charge in [0.25, 0.3) is 5.56 Å². The van der Waals surface area contributed by atoms with Crippen molar-refractivity contribution in [3.8, 4) is 0 Å². The van der Waals surface area contributed by atoms with E-state index in [2.05, 4.69) is 21.7 Å². The normalized spacial score (nSPS) is 16.4. The van der Waals surface area contributed by atoms with Crippen LogP contribution in [0, 0.1) is 0 Å². The van der Waals surface area contributed by atoms with E-state index < -0.39 is 0 Å². The quantitative estimate of drug-likeness (QED) is 0.743. The van der Waals surface area contributed by atoms with Crippen molar-refractivity contribution in [1.29, 1.82) is 0 Å². The first-order valence-corrected chi connectivity index (χ1v) is 10.2. The van der Waals surface area contributed by atoms with E-state index in [1.807, 2.05) is 0 Å². The van der Waals surface area contributed by atoms with Gasteiger partial charge in [0.15, 0.2) is 0 Å². The molecule has 0 fully saturated rings. The van der Waals surface area contributed by atoms with Crippen molar-refractivity contribution < 1.29 is 4.79 Å². The number of nitrogens with one attached hydrogen (secondary N) is 2. The molecule has 2 aromatic rings. The van der Waals surface area contributed by atoms with Gasteiger partial charge in [-0.3, -0.25) is 14.2 Å². The van der Waals surface area contributed by atoms with Crippen LogP contribution in [-0.4, -0.2) is 35.1 Å². The Hall–Kier alpha value is -1.70. The van der Waals surface area contributed by atoms with Crippen molar-refractivity contribution in [3.05, 3.63) is 38.8 Å². The van der Waals surface area contributed by atoms with Crippen LogP contribution in [0.3, 0.4) is 0 Å². The van der Waals surface area contributed by atoms with Crippen molar-refractivity contribution in [3.63, 3.8) is 0 Å². The molecule has 8 heteroatoms. The average Bonchev–Trinajstić information content (AvgIpc) is 3.06. The Bertz CT molecular complexity index is 918. The fourth-order valence-corrected chi connectivity index (χ4v) is 4.91. The smallest absolute Gasteiger partial charge is 0.262 e. The number of fused-ring (bicyclic) bond motifs is 3. The summed E-state index contributed by atoms with van der Waals surface area (Å²) in [5.74, 6) is -0.0243. The van der Waals surface area contributed by atoms with Gasteiger partial charge in [-0.05, 0) is 44.2 Å². The molecule has 1 amide bonds. The maximum atomic E-state index is 12.9. The SMILES string of the molecule is Cl.O=C(CCn1cnc2sc3c(c2c1=O)CCCC3)NCC1=CCNCC1. The Morgan fingerprint density at radius 3 is 2.96 bits per heavy atom. The number of amides is 1. The van der Waals surface area contributed by atoms with Crippen molar-refractivity contribution in [2.45, 2.75) is 45.1 Å². The summed E-state index contributed by atoms with van der Waals surface area (Å²) in [5, 5.41) is 7.00. The molecule has 0 saturated carbocycles. The monoisotopic (exact) mass is 408 g/mol. The highest BCUT2D eigenvalue weighted by molar-refractivity contribution is 7.18. The summed E-state index contributed by atoms with van der Waals surface area (Å²) in [7, 11) is 0. The number of carbonyl (C=O) groups is 1. The molecule has 2 aromatic heterocycles.